The van der Waals surface area contributed by atoms with Crippen molar-refractivity contribution in [1.82, 2.24) is 9.62 Å². The predicted molar refractivity (Wildman–Crippen MR) is 203 cm³/mol. The van der Waals surface area contributed by atoms with Gasteiger partial charge in [-0.05, 0) is 101 Å². The number of rotatable bonds is 11. The number of hydrogen-bond acceptors (Lipinski definition) is 9. The summed E-state index contributed by atoms with van der Waals surface area (Å²) in [5.74, 6) is 0.149. The molecule has 52 heavy (non-hydrogen) atoms. The maximum absolute atomic E-state index is 13.2. The molecule has 0 aromatic heterocycles. The number of nitrogens with zero attached hydrogens (tertiary/aromatic N) is 3. The highest BCUT2D eigenvalue weighted by atomic mass is 32.2. The van der Waals surface area contributed by atoms with Crippen molar-refractivity contribution in [2.24, 2.45) is 22.7 Å². The predicted octanol–water partition coefficient (Wildman–Crippen LogP) is 6.71. The van der Waals surface area contributed by atoms with Crippen molar-refractivity contribution in [2.45, 2.75) is 57.9 Å². The molecule has 3 aromatic carbocycles. The van der Waals surface area contributed by atoms with Crippen LogP contribution in [0.25, 0.3) is 5.57 Å². The Hall–Kier alpha value is -4.26. The molecule has 2 atom stereocenters. The van der Waals surface area contributed by atoms with E-state index < -0.39 is 20.9 Å². The molecule has 2 saturated heterocycles. The zero-order valence-electron chi connectivity index (χ0n) is 30.3. The van der Waals surface area contributed by atoms with Crippen LogP contribution in [0.3, 0.4) is 0 Å². The minimum atomic E-state index is -4.37. The summed E-state index contributed by atoms with van der Waals surface area (Å²) in [4.78, 5) is 28.7. The van der Waals surface area contributed by atoms with Crippen molar-refractivity contribution in [3.8, 4) is 0 Å². The van der Waals surface area contributed by atoms with Crippen LogP contribution in [0.15, 0.2) is 77.7 Å². The van der Waals surface area contributed by atoms with E-state index in [2.05, 4.69) is 71.0 Å². The molecule has 1 saturated carbocycles. The molecule has 7 rings (SSSR count). The first-order chi connectivity index (χ1) is 24.9. The number of piperazine rings is 1. The molecule has 11 nitrogen and oxygen atoms in total. The number of nitro groups is 1. The molecule has 4 aliphatic rings. The second kappa shape index (κ2) is 14.3. The van der Waals surface area contributed by atoms with E-state index in [0.29, 0.717) is 31.6 Å². The zero-order valence-corrected chi connectivity index (χ0v) is 31.1. The van der Waals surface area contributed by atoms with Crippen LogP contribution < -0.4 is 14.9 Å². The number of carbonyl (C=O) groups excluding carboxylic acids is 1. The average Bonchev–Trinajstić information content (AvgIpc) is 3.49. The molecule has 2 aliphatic heterocycles. The number of amides is 1. The Morgan fingerprint density at radius 1 is 0.962 bits per heavy atom. The third kappa shape index (κ3) is 6.95. The summed E-state index contributed by atoms with van der Waals surface area (Å²) in [6.07, 6.45) is 6.77. The number of nitrogens with one attached hydrogen (secondary N) is 2. The van der Waals surface area contributed by atoms with Gasteiger partial charge in [0.2, 0.25) is 0 Å². The summed E-state index contributed by atoms with van der Waals surface area (Å²) in [5.41, 5.74) is 5.78. The van der Waals surface area contributed by atoms with E-state index in [4.69, 9.17) is 4.74 Å². The lowest BCUT2D eigenvalue weighted by molar-refractivity contribution is -0.384. The van der Waals surface area contributed by atoms with Gasteiger partial charge in [0.25, 0.3) is 21.6 Å². The number of benzene rings is 3. The van der Waals surface area contributed by atoms with Crippen molar-refractivity contribution < 1.29 is 22.9 Å². The van der Waals surface area contributed by atoms with Crippen molar-refractivity contribution in [1.29, 1.82) is 0 Å². The van der Waals surface area contributed by atoms with Gasteiger partial charge in [0, 0.05) is 69.8 Å². The molecule has 1 amide bonds. The molecule has 2 heterocycles. The van der Waals surface area contributed by atoms with Crippen LogP contribution in [0.2, 0.25) is 0 Å². The summed E-state index contributed by atoms with van der Waals surface area (Å²) < 4.78 is 33.8. The van der Waals surface area contributed by atoms with E-state index in [1.807, 2.05) is 12.1 Å². The van der Waals surface area contributed by atoms with Crippen molar-refractivity contribution >= 4 is 38.6 Å². The highest BCUT2D eigenvalue weighted by Gasteiger charge is 2.57. The van der Waals surface area contributed by atoms with Crippen LogP contribution in [0.4, 0.5) is 17.1 Å². The van der Waals surface area contributed by atoms with Gasteiger partial charge in [0.15, 0.2) is 0 Å². The maximum Gasteiger partial charge on any atom is 0.293 e. The fraction of sp³-hybridized carbons (Fsp3) is 0.475. The lowest BCUT2D eigenvalue weighted by Crippen LogP contribution is -2.46. The van der Waals surface area contributed by atoms with Gasteiger partial charge in [-0.1, -0.05) is 51.1 Å². The highest BCUT2D eigenvalue weighted by molar-refractivity contribution is 7.90. The third-order valence-corrected chi connectivity index (χ3v) is 13.8. The Morgan fingerprint density at radius 2 is 1.67 bits per heavy atom. The van der Waals surface area contributed by atoms with Gasteiger partial charge in [-0.3, -0.25) is 19.8 Å². The van der Waals surface area contributed by atoms with Gasteiger partial charge in [0.1, 0.15) is 5.69 Å². The van der Waals surface area contributed by atoms with E-state index in [9.17, 15) is 23.3 Å². The standard InChI is InChI=1S/C40H49N5O6S/c1-39(2)31-14-17-40(39,3)35(24-31)34-7-5-4-6-30(34)27-43-18-20-44(21-19-43)32-10-8-29(9-11-32)38(46)42-52(49,50)33-12-13-36(37(25-33)45(47)48)41-26-28-15-22-51-23-16-28/h4-13,24-25,28,31,41H,14-23,26-27H2,1-3H3,(H,42,46)/t31-,40-/m1/s1. The number of fused-ring (bicyclic) bond motifs is 2. The first-order valence-electron chi connectivity index (χ1n) is 18.4. The maximum atomic E-state index is 13.2. The molecule has 0 radical (unpaired) electrons. The molecule has 3 aromatic rings. The van der Waals surface area contributed by atoms with Gasteiger partial charge in [-0.15, -0.1) is 0 Å². The number of hydrogen-bond donors (Lipinski definition) is 2. The summed E-state index contributed by atoms with van der Waals surface area (Å²) in [5, 5.41) is 14.9. The molecule has 2 bridgehead atoms. The Balaban J connectivity index is 0.947. The van der Waals surface area contributed by atoms with Crippen molar-refractivity contribution in [3.05, 3.63) is 99.6 Å². The first-order valence-corrected chi connectivity index (χ1v) is 19.9. The van der Waals surface area contributed by atoms with Crippen LogP contribution in [-0.2, 0) is 21.3 Å². The number of ether oxygens (including phenoxy) is 1. The second-order valence-electron chi connectivity index (χ2n) is 15.6. The molecular weight excluding hydrogens is 679 g/mol. The lowest BCUT2D eigenvalue weighted by atomic mass is 9.66. The van der Waals surface area contributed by atoms with Gasteiger partial charge in [-0.2, -0.15) is 0 Å². The average molecular weight is 728 g/mol. The minimum Gasteiger partial charge on any atom is -0.381 e. The Bertz CT molecular complexity index is 1970. The number of sulfonamides is 1. The number of carbonyl (C=O) groups is 1. The smallest absolute Gasteiger partial charge is 0.293 e. The van der Waals surface area contributed by atoms with Crippen LogP contribution in [0.5, 0.6) is 0 Å². The molecule has 2 aliphatic carbocycles. The lowest BCUT2D eigenvalue weighted by Gasteiger charge is -2.39. The van der Waals surface area contributed by atoms with E-state index >= 15 is 0 Å². The van der Waals surface area contributed by atoms with E-state index in [0.717, 1.165) is 57.3 Å². The van der Waals surface area contributed by atoms with Crippen LogP contribution in [0, 0.1) is 32.8 Å². The second-order valence-corrected chi connectivity index (χ2v) is 17.2. The monoisotopic (exact) mass is 727 g/mol. The normalized spacial score (nSPS) is 23.3. The minimum absolute atomic E-state index is 0.179. The van der Waals surface area contributed by atoms with E-state index in [1.165, 1.54) is 41.7 Å². The van der Waals surface area contributed by atoms with Gasteiger partial charge in [-0.25, -0.2) is 13.1 Å². The van der Waals surface area contributed by atoms with E-state index in [-0.39, 0.29) is 32.7 Å². The van der Waals surface area contributed by atoms with Gasteiger partial charge >= 0.3 is 0 Å². The fourth-order valence-corrected chi connectivity index (χ4v) is 9.65. The van der Waals surface area contributed by atoms with Crippen molar-refractivity contribution in [3.63, 3.8) is 0 Å². The molecule has 0 unspecified atom stereocenters. The summed E-state index contributed by atoms with van der Waals surface area (Å²) in [7, 11) is -4.37. The molecule has 2 N–H and O–H groups in total. The molecule has 276 valence electrons. The van der Waals surface area contributed by atoms with Crippen molar-refractivity contribution in [2.75, 3.05) is 56.2 Å². The van der Waals surface area contributed by atoms with Gasteiger partial charge in [0.05, 0.1) is 9.82 Å². The molecular formula is C40H49N5O6S. The van der Waals surface area contributed by atoms with Crippen LogP contribution >= 0.6 is 0 Å². The van der Waals surface area contributed by atoms with E-state index in [1.54, 1.807) is 12.1 Å². The molecule has 12 heteroatoms. The number of allylic oxidation sites excluding steroid dienone is 2. The summed E-state index contributed by atoms with van der Waals surface area (Å²) in [6, 6.07) is 19.4. The number of anilines is 2. The Morgan fingerprint density at radius 3 is 2.33 bits per heavy atom. The van der Waals surface area contributed by atoms with Crippen LogP contribution in [-0.4, -0.2) is 70.1 Å². The molecule has 3 fully saturated rings. The van der Waals surface area contributed by atoms with Crippen LogP contribution in [0.1, 0.15) is 67.9 Å². The Labute approximate surface area is 306 Å². The fourth-order valence-electron chi connectivity index (χ4n) is 8.66. The highest BCUT2D eigenvalue weighted by Crippen LogP contribution is 2.67. The Kier molecular flexibility index (Phi) is 9.92. The summed E-state index contributed by atoms with van der Waals surface area (Å²) in [6.45, 7) is 13.5. The SMILES string of the molecule is CC1(C)[C@H]2C=C(c3ccccc3CN3CCN(c4ccc(C(=O)NS(=O)(=O)c5ccc(NCC6CCOCC6)c([N+](=O)[O-])c5)cc4)CC3)[C@@]1(C)CC2. The van der Waals surface area contributed by atoms with Gasteiger partial charge < -0.3 is 15.0 Å². The first kappa shape index (κ1) is 36.1. The number of nitro benzene ring substituents is 1. The summed E-state index contributed by atoms with van der Waals surface area (Å²) >= 11 is 0. The largest absolute Gasteiger partial charge is 0.381 e. The topological polar surface area (TPSA) is 134 Å². The quantitative estimate of drug-likeness (QED) is 0.163. The third-order valence-electron chi connectivity index (χ3n) is 12.5. The zero-order chi connectivity index (χ0) is 36.7. The molecule has 0 spiro atoms.